The van der Waals surface area contributed by atoms with E-state index in [-0.39, 0.29) is 21.7 Å². The average molecular weight is 1610 g/mol. The van der Waals surface area contributed by atoms with Crippen molar-refractivity contribution in [2.75, 3.05) is 15.1 Å². The monoisotopic (exact) mass is 1610 g/mol. The second-order valence-corrected chi connectivity index (χ2v) is 34.7. The molecule has 0 saturated carbocycles. The highest BCUT2D eigenvalue weighted by Crippen LogP contribution is 2.57. The van der Waals surface area contributed by atoms with Crippen LogP contribution in [0, 0.1) is 48.7 Å². The zero-order valence-corrected chi connectivity index (χ0v) is 68.2. The van der Waals surface area contributed by atoms with Gasteiger partial charge in [-0.15, -0.1) is 0 Å². The molecule has 18 rings (SSSR count). The van der Waals surface area contributed by atoms with Crippen LogP contribution in [0.2, 0.25) is 0 Å². The number of nitrogens with one attached hydrogen (secondary N) is 1. The number of aryl methyl sites for hydroxylation is 6. The van der Waals surface area contributed by atoms with E-state index < -0.39 is 0 Å². The van der Waals surface area contributed by atoms with Gasteiger partial charge >= 0.3 is 0 Å². The van der Waals surface area contributed by atoms with Crippen LogP contribution in [0.5, 0.6) is 0 Å². The lowest BCUT2D eigenvalue weighted by Crippen LogP contribution is -2.17. The van der Waals surface area contributed by atoms with E-state index in [1.165, 1.54) is 163 Å². The molecular weight excluding hydrogens is 1520 g/mol. The van der Waals surface area contributed by atoms with E-state index in [2.05, 4.69) is 448 Å². The first kappa shape index (κ1) is 71.2. The molecule has 4 aliphatic rings. The molecule has 0 aliphatic heterocycles. The van der Waals surface area contributed by atoms with Gasteiger partial charge in [0.2, 0.25) is 0 Å². The van der Waals surface area contributed by atoms with Crippen molar-refractivity contribution >= 4 is 90.7 Å². The molecule has 0 heterocycles. The lowest BCUT2D eigenvalue weighted by Gasteiger charge is -2.28. The predicted molar refractivity (Wildman–Crippen MR) is 473 cm³/mol. The van der Waals surface area contributed by atoms with Crippen LogP contribution in [-0.4, -0.2) is 0 Å². The van der Waals surface area contributed by atoms with Crippen molar-refractivity contribution in [1.29, 1.82) is 0 Å². The van der Waals surface area contributed by atoms with Crippen molar-refractivity contribution in [1.82, 2.24) is 0 Å². The van der Waals surface area contributed by atoms with Gasteiger partial charge in [-0.3, -0.25) is 0 Å². The maximum Gasteiger partial charge on any atom is 0.0465 e. The van der Waals surface area contributed by atoms with E-state index in [0.29, 0.717) is 0 Å². The van der Waals surface area contributed by atoms with Gasteiger partial charge in [-0.25, -0.2) is 0 Å². The number of halogens is 2. The van der Waals surface area contributed by atoms with Gasteiger partial charge in [0.25, 0.3) is 0 Å². The summed E-state index contributed by atoms with van der Waals surface area (Å²) in [5, 5.41) is 3.36. The van der Waals surface area contributed by atoms with Gasteiger partial charge < -0.3 is 15.1 Å². The van der Waals surface area contributed by atoms with Crippen LogP contribution in [0.15, 0.2) is 291 Å². The fraction of sp³-hybridized carbons (Fsp3) is 0.176. The molecule has 4 aliphatic carbocycles. The molecular formula is C102H91I2N3. The Labute approximate surface area is 661 Å². The van der Waals surface area contributed by atoms with Crippen molar-refractivity contribution in [3.8, 4) is 66.8 Å². The first-order valence-corrected chi connectivity index (χ1v) is 39.7. The van der Waals surface area contributed by atoms with Crippen LogP contribution in [0.4, 0.5) is 45.5 Å². The molecule has 14 aromatic carbocycles. The summed E-state index contributed by atoms with van der Waals surface area (Å²) in [5.74, 6) is 0. The second-order valence-electron chi connectivity index (χ2n) is 32.3. The zero-order chi connectivity index (χ0) is 74.6. The van der Waals surface area contributed by atoms with Gasteiger partial charge in [-0.2, -0.15) is 0 Å². The molecule has 0 amide bonds. The minimum absolute atomic E-state index is 0.0186. The number of nitrogens with zero attached hydrogens (tertiary/aromatic N) is 2. The van der Waals surface area contributed by atoms with Gasteiger partial charge in [0, 0.05) is 74.3 Å². The molecule has 0 unspecified atom stereocenters. The Balaban J connectivity index is 0.000000153. The fourth-order valence-electron chi connectivity index (χ4n) is 17.0. The molecule has 107 heavy (non-hydrogen) atoms. The first-order valence-electron chi connectivity index (χ1n) is 37.6. The van der Waals surface area contributed by atoms with Crippen molar-refractivity contribution < 1.29 is 0 Å². The number of fused-ring (bicyclic) bond motifs is 12. The van der Waals surface area contributed by atoms with E-state index in [4.69, 9.17) is 0 Å². The van der Waals surface area contributed by atoms with Gasteiger partial charge in [0.15, 0.2) is 0 Å². The molecule has 0 spiro atoms. The standard InChI is InChI=1S/C58H52N2.C30H24I2.C14H15N/c1-37-9-19-43(20-10-37)59(44-21-11-38(2)12-22-44)47-27-31-51-49-29-17-41(33-53(49)57(5,6)55(51)35-47)42-18-30-50-52-32-28-48(36-56(52)58(7,8)54(50)34-42)60(45-23-13-39(3)14-24-45)46-25-15-40(4)16-26-46;1-29(2)25-13-17(5-9-21(25)23-11-7-19(31)15-27(23)29)18-6-10-22-24-12-8-20(32)16-28(24)30(3,4)26(22)14-18;1-11-3-7-13(8-4-11)15-14-9-5-12(2)6-10-14/h9-36H,1-8H3;5-16H,1-4H3;3-10,15H,1-2H3. The summed E-state index contributed by atoms with van der Waals surface area (Å²) in [6.07, 6.45) is 0. The SMILES string of the molecule is CC1(C)c2cc(I)ccc2-c2ccc(-c3ccc4c(c3)C(C)(C)c3cc(I)ccc3-4)cc21.Cc1ccc(N(c2ccc(C)cc2)c2ccc3c(c2)C(C)(C)c2cc(-c4ccc5c(c4)C(C)(C)c4cc(N(c6ccc(C)cc6)c6ccc(C)cc6)ccc4-5)ccc2-3)cc1.Cc1ccc(Nc2ccc(C)cc2)cc1. The summed E-state index contributed by atoms with van der Waals surface area (Å²) in [7, 11) is 0. The molecule has 0 radical (unpaired) electrons. The summed E-state index contributed by atoms with van der Waals surface area (Å²) in [6, 6.07) is 109. The molecule has 3 nitrogen and oxygen atoms in total. The van der Waals surface area contributed by atoms with Gasteiger partial charge in [-0.05, 0) is 344 Å². The van der Waals surface area contributed by atoms with Crippen LogP contribution in [0.3, 0.4) is 0 Å². The lowest BCUT2D eigenvalue weighted by molar-refractivity contribution is 0.659. The highest BCUT2D eigenvalue weighted by Gasteiger charge is 2.41. The smallest absolute Gasteiger partial charge is 0.0465 e. The number of benzene rings is 14. The molecule has 14 aromatic rings. The molecule has 1 N–H and O–H groups in total. The largest absolute Gasteiger partial charge is 0.356 e. The van der Waals surface area contributed by atoms with Crippen LogP contribution in [-0.2, 0) is 21.7 Å². The summed E-state index contributed by atoms with van der Waals surface area (Å²) < 4.78 is 2.61. The zero-order valence-electron chi connectivity index (χ0n) is 63.9. The fourth-order valence-corrected chi connectivity index (χ4v) is 18.0. The Morgan fingerprint density at radius 2 is 0.393 bits per heavy atom. The summed E-state index contributed by atoms with van der Waals surface area (Å²) >= 11 is 4.85. The molecule has 0 aromatic heterocycles. The Kier molecular flexibility index (Phi) is 18.4. The Morgan fingerprint density at radius 1 is 0.206 bits per heavy atom. The first-order chi connectivity index (χ1) is 51.3. The van der Waals surface area contributed by atoms with Crippen LogP contribution < -0.4 is 15.1 Å². The Bertz CT molecular complexity index is 5330. The normalized spacial score (nSPS) is 14.1. The van der Waals surface area contributed by atoms with Crippen molar-refractivity contribution in [3.63, 3.8) is 0 Å². The molecule has 528 valence electrons. The minimum atomic E-state index is -0.174. The number of hydrogen-bond donors (Lipinski definition) is 1. The molecule has 0 bridgehead atoms. The van der Waals surface area contributed by atoms with Gasteiger partial charge in [0.05, 0.1) is 0 Å². The maximum atomic E-state index is 3.36. The second kappa shape index (κ2) is 27.6. The van der Waals surface area contributed by atoms with E-state index >= 15 is 0 Å². The third kappa shape index (κ3) is 13.1. The summed E-state index contributed by atoms with van der Waals surface area (Å²) in [4.78, 5) is 4.78. The number of hydrogen-bond acceptors (Lipinski definition) is 3. The highest BCUT2D eigenvalue weighted by molar-refractivity contribution is 14.1. The molecule has 0 saturated heterocycles. The van der Waals surface area contributed by atoms with E-state index in [0.717, 1.165) is 34.1 Å². The third-order valence-corrected chi connectivity index (χ3v) is 24.7. The third-order valence-electron chi connectivity index (χ3n) is 23.3. The van der Waals surface area contributed by atoms with Crippen molar-refractivity contribution in [2.45, 2.75) is 119 Å². The number of rotatable bonds is 10. The van der Waals surface area contributed by atoms with Crippen LogP contribution >= 0.6 is 45.2 Å². The van der Waals surface area contributed by atoms with E-state index in [9.17, 15) is 0 Å². The van der Waals surface area contributed by atoms with E-state index in [1.807, 2.05) is 0 Å². The van der Waals surface area contributed by atoms with Crippen LogP contribution in [0.1, 0.15) is 133 Å². The predicted octanol–water partition coefficient (Wildman–Crippen LogP) is 29.4. The molecule has 0 fully saturated rings. The van der Waals surface area contributed by atoms with E-state index in [1.54, 1.807) is 0 Å². The molecule has 0 atom stereocenters. The minimum Gasteiger partial charge on any atom is -0.356 e. The molecule has 5 heteroatoms. The maximum absolute atomic E-state index is 3.36. The van der Waals surface area contributed by atoms with Crippen LogP contribution in [0.25, 0.3) is 66.8 Å². The summed E-state index contributed by atoms with van der Waals surface area (Å²) in [6.45, 7) is 31.8. The van der Waals surface area contributed by atoms with Crippen molar-refractivity contribution in [3.05, 3.63) is 376 Å². The Hall–Kier alpha value is -10.1. The highest BCUT2D eigenvalue weighted by atomic mass is 127. The van der Waals surface area contributed by atoms with Gasteiger partial charge in [0.1, 0.15) is 0 Å². The Morgan fingerprint density at radius 3 is 0.636 bits per heavy atom. The lowest BCUT2D eigenvalue weighted by atomic mass is 9.80. The quantitative estimate of drug-likeness (QED) is 0.138. The number of anilines is 8. The van der Waals surface area contributed by atoms with Crippen molar-refractivity contribution in [2.24, 2.45) is 0 Å². The van der Waals surface area contributed by atoms with Gasteiger partial charge in [-0.1, -0.05) is 234 Å². The summed E-state index contributed by atoms with van der Waals surface area (Å²) in [5.41, 5.74) is 43.7. The average Bonchev–Trinajstić information content (AvgIpc) is 1.67. The topological polar surface area (TPSA) is 18.5 Å².